The van der Waals surface area contributed by atoms with Gasteiger partial charge in [-0.25, -0.2) is 14.2 Å². The number of para-hydroxylation sites is 1. The minimum atomic E-state index is -0.427. The van der Waals surface area contributed by atoms with Crippen LogP contribution in [-0.2, 0) is 6.54 Å². The topological polar surface area (TPSA) is 104 Å². The molecule has 5 rings (SSSR count). The molecule has 0 aliphatic heterocycles. The highest BCUT2D eigenvalue weighted by molar-refractivity contribution is 7.46. The number of phenols is 1. The summed E-state index contributed by atoms with van der Waals surface area (Å²) >= 11 is 0. The Bertz CT molecular complexity index is 1570. The average Bonchev–Trinajstić information content (AvgIpc) is 3.32. The van der Waals surface area contributed by atoms with E-state index in [-0.39, 0.29) is 11.6 Å². The lowest BCUT2D eigenvalue weighted by Gasteiger charge is -2.13. The fraction of sp³-hybridized carbons (Fsp3) is 0.0741. The molecule has 1 unspecified atom stereocenters. The summed E-state index contributed by atoms with van der Waals surface area (Å²) in [5.74, 6) is 0.509. The number of rotatable bonds is 7. The van der Waals surface area contributed by atoms with Crippen molar-refractivity contribution in [2.24, 2.45) is 0 Å². The molecule has 5 aromatic rings. The molecule has 8 nitrogen and oxygen atoms in total. The van der Waals surface area contributed by atoms with Crippen LogP contribution in [0.3, 0.4) is 0 Å². The van der Waals surface area contributed by atoms with Crippen molar-refractivity contribution >= 4 is 42.8 Å². The number of carbonyl (C=O) groups excluding carboxylic acids is 1. The lowest BCUT2D eigenvalue weighted by atomic mass is 10.1. The number of hydrogen-bond donors (Lipinski definition) is 4. The summed E-state index contributed by atoms with van der Waals surface area (Å²) < 4.78 is 14.8. The summed E-state index contributed by atoms with van der Waals surface area (Å²) in [5.41, 5.74) is 4.04. The van der Waals surface area contributed by atoms with Crippen molar-refractivity contribution in [1.29, 1.82) is 0 Å². The number of amides is 2. The van der Waals surface area contributed by atoms with Gasteiger partial charge in [-0.3, -0.25) is 0 Å². The summed E-state index contributed by atoms with van der Waals surface area (Å²) in [4.78, 5) is 17.1. The number of hydrogen-bond acceptors (Lipinski definition) is 5. The van der Waals surface area contributed by atoms with Crippen LogP contribution in [0.2, 0.25) is 0 Å². The van der Waals surface area contributed by atoms with Crippen LogP contribution < -0.4 is 21.3 Å². The second kappa shape index (κ2) is 10.6. The molecule has 1 atom stereocenters. The Hall–Kier alpha value is -4.49. The number of benzene rings is 3. The van der Waals surface area contributed by atoms with E-state index in [9.17, 15) is 14.3 Å². The fourth-order valence-electron chi connectivity index (χ4n) is 3.87. The molecule has 0 radical (unpaired) electrons. The Labute approximate surface area is 214 Å². The summed E-state index contributed by atoms with van der Waals surface area (Å²) in [5, 5.41) is 24.8. The largest absolute Gasteiger partial charge is 0.507 e. The molecule has 0 spiro atoms. The summed E-state index contributed by atoms with van der Waals surface area (Å²) in [6.45, 7) is 2.53. The zero-order valence-electron chi connectivity index (χ0n) is 19.9. The van der Waals surface area contributed by atoms with Gasteiger partial charge in [-0.15, -0.1) is 0 Å². The maximum Gasteiger partial charge on any atom is 0.323 e. The van der Waals surface area contributed by atoms with E-state index >= 15 is 0 Å². The molecular formula is C27H24FN6O2P. The van der Waals surface area contributed by atoms with Crippen molar-refractivity contribution in [2.75, 3.05) is 22.6 Å². The van der Waals surface area contributed by atoms with Gasteiger partial charge < -0.3 is 21.1 Å². The Morgan fingerprint density at radius 1 is 1.00 bits per heavy atom. The highest BCUT2D eigenvalue weighted by Gasteiger charge is 2.14. The molecule has 2 heterocycles. The first-order valence-electron chi connectivity index (χ1n) is 11.5. The van der Waals surface area contributed by atoms with Crippen molar-refractivity contribution < 1.29 is 14.3 Å². The van der Waals surface area contributed by atoms with E-state index < -0.39 is 6.03 Å². The quantitative estimate of drug-likeness (QED) is 0.217. The number of nitrogens with one attached hydrogen (secondary N) is 3. The summed E-state index contributed by atoms with van der Waals surface area (Å²) in [6.07, 6.45) is 1.81. The molecule has 2 aromatic heterocycles. The van der Waals surface area contributed by atoms with Gasteiger partial charge in [0.25, 0.3) is 0 Å². The van der Waals surface area contributed by atoms with Crippen molar-refractivity contribution in [1.82, 2.24) is 14.6 Å². The molecule has 37 heavy (non-hydrogen) atoms. The number of anilines is 3. The molecule has 0 aliphatic carbocycles. The maximum absolute atomic E-state index is 13.1. The summed E-state index contributed by atoms with van der Waals surface area (Å²) in [7, 11) is 0.514. The minimum Gasteiger partial charge on any atom is -0.507 e. The van der Waals surface area contributed by atoms with Gasteiger partial charge >= 0.3 is 6.03 Å². The smallest absolute Gasteiger partial charge is 0.323 e. The fourth-order valence-corrected chi connectivity index (χ4v) is 4.44. The van der Waals surface area contributed by atoms with Gasteiger partial charge in [-0.2, -0.15) is 9.61 Å². The van der Waals surface area contributed by atoms with Crippen LogP contribution in [0.15, 0.2) is 85.1 Å². The van der Waals surface area contributed by atoms with E-state index in [1.54, 1.807) is 22.7 Å². The van der Waals surface area contributed by atoms with Crippen molar-refractivity contribution in [3.63, 3.8) is 0 Å². The predicted molar refractivity (Wildman–Crippen MR) is 147 cm³/mol. The van der Waals surface area contributed by atoms with Gasteiger partial charge in [0.15, 0.2) is 5.65 Å². The monoisotopic (exact) mass is 514 g/mol. The van der Waals surface area contributed by atoms with E-state index in [0.29, 0.717) is 37.8 Å². The molecule has 0 saturated heterocycles. The van der Waals surface area contributed by atoms with Crippen LogP contribution in [0, 0.1) is 5.82 Å². The van der Waals surface area contributed by atoms with E-state index in [1.807, 2.05) is 42.6 Å². The Morgan fingerprint density at radius 2 is 1.78 bits per heavy atom. The van der Waals surface area contributed by atoms with Crippen molar-refractivity contribution in [3.05, 3.63) is 96.4 Å². The minimum absolute atomic E-state index is 0.156. The van der Waals surface area contributed by atoms with Gasteiger partial charge in [0.2, 0.25) is 0 Å². The van der Waals surface area contributed by atoms with Crippen LogP contribution in [0.25, 0.3) is 16.9 Å². The van der Waals surface area contributed by atoms with Gasteiger partial charge in [0, 0.05) is 34.9 Å². The van der Waals surface area contributed by atoms with Crippen LogP contribution in [-0.4, -0.2) is 32.4 Å². The Kier molecular flexibility index (Phi) is 6.96. The highest BCUT2D eigenvalue weighted by Crippen LogP contribution is 2.30. The molecule has 0 aliphatic rings. The number of nitrogens with zero attached hydrogens (tertiary/aromatic N) is 3. The average molecular weight is 515 g/mol. The molecule has 10 heteroatoms. The molecule has 186 valence electrons. The number of halogens is 1. The Morgan fingerprint density at radius 3 is 2.57 bits per heavy atom. The zero-order chi connectivity index (χ0) is 25.8. The third kappa shape index (κ3) is 5.52. The number of urea groups is 1. The first-order valence-corrected chi connectivity index (χ1v) is 13.0. The van der Waals surface area contributed by atoms with Crippen molar-refractivity contribution in [3.8, 4) is 17.0 Å². The molecular weight excluding hydrogens is 490 g/mol. The van der Waals surface area contributed by atoms with Crippen LogP contribution in [0.1, 0.15) is 5.56 Å². The van der Waals surface area contributed by atoms with E-state index in [2.05, 4.69) is 27.7 Å². The standard InChI is InChI=1S/C27H24FN6O2P/c1-37-24-16-30-34-25(14-22(33-26(24)34)21-7-2-3-8-23(21)35)29-15-17-5-4-6-20(13-17)32-27(36)31-19-11-9-18(28)10-12-19/h2-14,16,29,35,37H,15H2,1H3,(H2,31,32,36). The number of fused-ring (bicyclic) bond motifs is 1. The normalized spacial score (nSPS) is 11.2. The number of aromatic hydroxyl groups is 1. The van der Waals surface area contributed by atoms with Gasteiger partial charge in [-0.05, 0) is 60.8 Å². The lowest BCUT2D eigenvalue weighted by molar-refractivity contribution is 0.262. The zero-order valence-corrected chi connectivity index (χ0v) is 20.9. The molecule has 0 bridgehead atoms. The van der Waals surface area contributed by atoms with Gasteiger partial charge in [0.1, 0.15) is 17.4 Å². The first-order chi connectivity index (χ1) is 18.0. The molecule has 0 saturated carbocycles. The van der Waals surface area contributed by atoms with Gasteiger partial charge in [-0.1, -0.05) is 32.8 Å². The van der Waals surface area contributed by atoms with Gasteiger partial charge in [0.05, 0.1) is 11.9 Å². The number of carbonyl (C=O) groups is 1. The predicted octanol–water partition coefficient (Wildman–Crippen LogP) is 5.43. The van der Waals surface area contributed by atoms with E-state index in [4.69, 9.17) is 4.98 Å². The molecule has 2 amide bonds. The SMILES string of the molecule is CPc1cnn2c(NCc3cccc(NC(=O)Nc4ccc(F)cc4)c3)cc(-c3ccccc3O)nc12. The Balaban J connectivity index is 1.35. The van der Waals surface area contributed by atoms with Crippen LogP contribution in [0.4, 0.5) is 26.4 Å². The van der Waals surface area contributed by atoms with Crippen LogP contribution >= 0.6 is 8.58 Å². The lowest BCUT2D eigenvalue weighted by Crippen LogP contribution is -2.19. The molecule has 3 aromatic carbocycles. The number of phenolic OH excluding ortho intramolecular Hbond substituents is 1. The van der Waals surface area contributed by atoms with E-state index in [0.717, 1.165) is 22.3 Å². The van der Waals surface area contributed by atoms with Crippen molar-refractivity contribution in [2.45, 2.75) is 6.54 Å². The maximum atomic E-state index is 13.1. The van der Waals surface area contributed by atoms with E-state index in [1.165, 1.54) is 24.3 Å². The third-order valence-electron chi connectivity index (χ3n) is 5.68. The number of aromatic nitrogens is 3. The summed E-state index contributed by atoms with van der Waals surface area (Å²) in [6, 6.07) is 21.5. The second-order valence-corrected chi connectivity index (χ2v) is 9.27. The van der Waals surface area contributed by atoms with Crippen LogP contribution in [0.5, 0.6) is 5.75 Å². The molecule has 0 fully saturated rings. The first kappa shape index (κ1) is 24.2. The third-order valence-corrected chi connectivity index (χ3v) is 6.57. The second-order valence-electron chi connectivity index (χ2n) is 8.23. The highest BCUT2D eigenvalue weighted by atomic mass is 31.1. The molecule has 4 N–H and O–H groups in total.